The summed E-state index contributed by atoms with van der Waals surface area (Å²) in [7, 11) is -1.07. The fraction of sp³-hybridized carbons (Fsp3) is 0.286. The number of nitrogens with zero attached hydrogens (tertiary/aromatic N) is 2. The van der Waals surface area contributed by atoms with Crippen molar-refractivity contribution >= 4 is 8.07 Å². The normalized spacial score (nSPS) is 11.6. The zero-order valence-electron chi connectivity index (χ0n) is 15.3. The summed E-state index contributed by atoms with van der Waals surface area (Å²) >= 11 is 0. The van der Waals surface area contributed by atoms with Crippen molar-refractivity contribution in [3.8, 4) is 22.5 Å². The molecule has 0 bridgehead atoms. The SMILES string of the molecule is C[Si](C)(C)CCOCn1cnc(-c2ccccc2)c1-c1ccccc1. The molecule has 0 aliphatic heterocycles. The Morgan fingerprint density at radius 1 is 0.880 bits per heavy atom. The number of hydrogen-bond donors (Lipinski definition) is 0. The summed E-state index contributed by atoms with van der Waals surface area (Å²) in [5.74, 6) is 0. The Bertz CT molecular complexity index is 792. The minimum absolute atomic E-state index is 0.536. The molecule has 0 fully saturated rings. The van der Waals surface area contributed by atoms with Gasteiger partial charge in [0.05, 0.1) is 17.7 Å². The van der Waals surface area contributed by atoms with Crippen LogP contribution < -0.4 is 0 Å². The highest BCUT2D eigenvalue weighted by atomic mass is 28.3. The van der Waals surface area contributed by atoms with Gasteiger partial charge in [0, 0.05) is 25.8 Å². The fourth-order valence-corrected chi connectivity index (χ4v) is 3.48. The first kappa shape index (κ1) is 17.6. The molecule has 1 heterocycles. The number of ether oxygens (including phenoxy) is 1. The summed E-state index contributed by atoms with van der Waals surface area (Å²) < 4.78 is 8.08. The van der Waals surface area contributed by atoms with Crippen LogP contribution in [0.3, 0.4) is 0 Å². The summed E-state index contributed by atoms with van der Waals surface area (Å²) in [6.07, 6.45) is 1.89. The monoisotopic (exact) mass is 350 g/mol. The molecule has 0 N–H and O–H groups in total. The molecule has 0 radical (unpaired) electrons. The Kier molecular flexibility index (Phi) is 5.51. The highest BCUT2D eigenvalue weighted by Crippen LogP contribution is 2.31. The molecule has 0 atom stereocenters. The van der Waals surface area contributed by atoms with Crippen molar-refractivity contribution in [3.63, 3.8) is 0 Å². The molecule has 0 saturated heterocycles. The lowest BCUT2D eigenvalue weighted by atomic mass is 10.0. The largest absolute Gasteiger partial charge is 0.361 e. The first-order chi connectivity index (χ1) is 12.0. The molecule has 3 nitrogen and oxygen atoms in total. The Morgan fingerprint density at radius 2 is 1.48 bits per heavy atom. The number of hydrogen-bond acceptors (Lipinski definition) is 2. The van der Waals surface area contributed by atoms with E-state index in [-0.39, 0.29) is 0 Å². The van der Waals surface area contributed by atoms with Crippen LogP contribution in [0, 0.1) is 0 Å². The van der Waals surface area contributed by atoms with Gasteiger partial charge < -0.3 is 9.30 Å². The van der Waals surface area contributed by atoms with Crippen LogP contribution in [0.4, 0.5) is 0 Å². The smallest absolute Gasteiger partial charge is 0.124 e. The highest BCUT2D eigenvalue weighted by molar-refractivity contribution is 6.76. The van der Waals surface area contributed by atoms with Gasteiger partial charge in [-0.25, -0.2) is 4.98 Å². The Balaban J connectivity index is 1.87. The van der Waals surface area contributed by atoms with E-state index in [0.29, 0.717) is 6.73 Å². The lowest BCUT2D eigenvalue weighted by Crippen LogP contribution is -2.22. The van der Waals surface area contributed by atoms with Gasteiger partial charge >= 0.3 is 0 Å². The average molecular weight is 351 g/mol. The van der Waals surface area contributed by atoms with Gasteiger partial charge in [-0.05, 0) is 6.04 Å². The molecule has 2 aromatic carbocycles. The predicted octanol–water partition coefficient (Wildman–Crippen LogP) is 5.53. The van der Waals surface area contributed by atoms with E-state index >= 15 is 0 Å². The Hall–Kier alpha value is -2.17. The van der Waals surface area contributed by atoms with E-state index < -0.39 is 8.07 Å². The minimum Gasteiger partial charge on any atom is -0.361 e. The van der Waals surface area contributed by atoms with Crippen molar-refractivity contribution in [2.75, 3.05) is 6.61 Å². The molecule has 25 heavy (non-hydrogen) atoms. The van der Waals surface area contributed by atoms with Crippen LogP contribution in [0.15, 0.2) is 67.0 Å². The lowest BCUT2D eigenvalue weighted by Gasteiger charge is -2.16. The average Bonchev–Trinajstić information content (AvgIpc) is 3.03. The van der Waals surface area contributed by atoms with E-state index in [1.807, 2.05) is 30.6 Å². The number of rotatable bonds is 7. The maximum Gasteiger partial charge on any atom is 0.124 e. The topological polar surface area (TPSA) is 27.1 Å². The summed E-state index contributed by atoms with van der Waals surface area (Å²) in [6.45, 7) is 8.46. The van der Waals surface area contributed by atoms with Crippen molar-refractivity contribution in [2.24, 2.45) is 0 Å². The van der Waals surface area contributed by atoms with Crippen molar-refractivity contribution in [2.45, 2.75) is 32.4 Å². The molecule has 3 aromatic rings. The van der Waals surface area contributed by atoms with E-state index in [0.717, 1.165) is 29.1 Å². The van der Waals surface area contributed by atoms with Gasteiger partial charge in [-0.3, -0.25) is 0 Å². The molecule has 0 unspecified atom stereocenters. The van der Waals surface area contributed by atoms with Crippen LogP contribution in [0.25, 0.3) is 22.5 Å². The summed E-state index contributed by atoms with van der Waals surface area (Å²) in [4.78, 5) is 4.68. The molecule has 0 spiro atoms. The van der Waals surface area contributed by atoms with Gasteiger partial charge in [0.2, 0.25) is 0 Å². The lowest BCUT2D eigenvalue weighted by molar-refractivity contribution is 0.0882. The van der Waals surface area contributed by atoms with E-state index in [1.54, 1.807) is 0 Å². The highest BCUT2D eigenvalue weighted by Gasteiger charge is 2.16. The zero-order valence-corrected chi connectivity index (χ0v) is 16.3. The van der Waals surface area contributed by atoms with Gasteiger partial charge in [0.1, 0.15) is 6.73 Å². The standard InChI is InChI=1S/C21H26N2OSi/c1-25(2,3)15-14-24-17-23-16-22-20(18-10-6-4-7-11-18)21(23)19-12-8-5-9-13-19/h4-13,16H,14-15,17H2,1-3H3. The molecular weight excluding hydrogens is 324 g/mol. The molecule has 0 aliphatic rings. The number of benzene rings is 2. The zero-order chi connectivity index (χ0) is 17.7. The van der Waals surface area contributed by atoms with E-state index in [4.69, 9.17) is 4.74 Å². The third kappa shape index (κ3) is 4.68. The first-order valence-corrected chi connectivity index (χ1v) is 12.5. The first-order valence-electron chi connectivity index (χ1n) is 8.78. The van der Waals surface area contributed by atoms with Crippen molar-refractivity contribution < 1.29 is 4.74 Å². The second-order valence-electron chi connectivity index (χ2n) is 7.49. The molecular formula is C21H26N2OSi. The molecule has 0 amide bonds. The molecule has 0 aliphatic carbocycles. The van der Waals surface area contributed by atoms with Crippen LogP contribution in [0.1, 0.15) is 0 Å². The minimum atomic E-state index is -1.07. The molecule has 3 rings (SSSR count). The van der Waals surface area contributed by atoms with Crippen LogP contribution in [-0.2, 0) is 11.5 Å². The van der Waals surface area contributed by atoms with E-state index in [2.05, 4.69) is 65.6 Å². The van der Waals surface area contributed by atoms with Gasteiger partial charge in [-0.15, -0.1) is 0 Å². The van der Waals surface area contributed by atoms with Gasteiger partial charge in [-0.2, -0.15) is 0 Å². The van der Waals surface area contributed by atoms with Crippen LogP contribution in [0.2, 0.25) is 25.7 Å². The van der Waals surface area contributed by atoms with Gasteiger partial charge in [0.25, 0.3) is 0 Å². The van der Waals surface area contributed by atoms with Crippen molar-refractivity contribution in [3.05, 3.63) is 67.0 Å². The Morgan fingerprint density at radius 3 is 2.08 bits per heavy atom. The van der Waals surface area contributed by atoms with Gasteiger partial charge in [-0.1, -0.05) is 80.3 Å². The van der Waals surface area contributed by atoms with Crippen molar-refractivity contribution in [1.82, 2.24) is 9.55 Å². The number of imidazole rings is 1. The second-order valence-corrected chi connectivity index (χ2v) is 13.1. The summed E-state index contributed by atoms with van der Waals surface area (Å²) in [6, 6.07) is 21.9. The molecule has 1 aromatic heterocycles. The van der Waals surface area contributed by atoms with E-state index in [1.165, 1.54) is 6.04 Å². The molecule has 0 saturated carbocycles. The van der Waals surface area contributed by atoms with Gasteiger partial charge in [0.15, 0.2) is 0 Å². The van der Waals surface area contributed by atoms with E-state index in [9.17, 15) is 0 Å². The molecule has 4 heteroatoms. The quantitative estimate of drug-likeness (QED) is 0.414. The fourth-order valence-electron chi connectivity index (χ4n) is 2.73. The summed E-state index contributed by atoms with van der Waals surface area (Å²) in [5, 5.41) is 0. The predicted molar refractivity (Wildman–Crippen MR) is 107 cm³/mol. The van der Waals surface area contributed by atoms with Crippen LogP contribution >= 0.6 is 0 Å². The third-order valence-electron chi connectivity index (χ3n) is 4.16. The van der Waals surface area contributed by atoms with Crippen LogP contribution in [0.5, 0.6) is 0 Å². The maximum atomic E-state index is 5.96. The maximum absolute atomic E-state index is 5.96. The molecule has 130 valence electrons. The second kappa shape index (κ2) is 7.81. The van der Waals surface area contributed by atoms with Crippen LogP contribution in [-0.4, -0.2) is 24.2 Å². The number of aromatic nitrogens is 2. The Labute approximate surface area is 151 Å². The van der Waals surface area contributed by atoms with Crippen molar-refractivity contribution in [1.29, 1.82) is 0 Å². The summed E-state index contributed by atoms with van der Waals surface area (Å²) in [5.41, 5.74) is 4.40. The third-order valence-corrected chi connectivity index (χ3v) is 5.86.